The normalized spacial score (nSPS) is 38.5. The Hall–Kier alpha value is -1.02. The van der Waals surface area contributed by atoms with Crippen molar-refractivity contribution in [2.75, 3.05) is 14.2 Å². The number of ether oxygens (including phenoxy) is 1. The van der Waals surface area contributed by atoms with Crippen LogP contribution < -0.4 is 10.1 Å². The van der Waals surface area contributed by atoms with Gasteiger partial charge in [0.15, 0.2) is 0 Å². The zero-order valence-electron chi connectivity index (χ0n) is 13.2. The third-order valence-corrected chi connectivity index (χ3v) is 6.47. The summed E-state index contributed by atoms with van der Waals surface area (Å²) in [6.45, 7) is 0. The van der Waals surface area contributed by atoms with Crippen molar-refractivity contribution in [3.05, 3.63) is 29.8 Å². The van der Waals surface area contributed by atoms with Gasteiger partial charge in [0.1, 0.15) is 5.75 Å². The molecule has 0 aromatic heterocycles. The Kier molecular flexibility index (Phi) is 3.45. The summed E-state index contributed by atoms with van der Waals surface area (Å²) in [7, 11) is 3.88. The van der Waals surface area contributed by atoms with Gasteiger partial charge in [0, 0.05) is 6.04 Å². The van der Waals surface area contributed by atoms with Crippen LogP contribution >= 0.6 is 0 Å². The van der Waals surface area contributed by atoms with E-state index in [1.807, 2.05) is 0 Å². The van der Waals surface area contributed by atoms with Crippen LogP contribution in [0.25, 0.3) is 0 Å². The standard InChI is InChI=1S/C19H27NO/c1-20-19(14-3-5-17(21-2)6-4-14)18-15-8-12-7-13(10-15)11-16(18)9-12/h3-6,12-13,15-16,18-20H,7-11H2,1-2H3. The predicted molar refractivity (Wildman–Crippen MR) is 85.3 cm³/mol. The van der Waals surface area contributed by atoms with Gasteiger partial charge < -0.3 is 10.1 Å². The number of nitrogens with one attached hydrogen (secondary N) is 1. The van der Waals surface area contributed by atoms with Gasteiger partial charge >= 0.3 is 0 Å². The first-order valence-electron chi connectivity index (χ1n) is 8.59. The van der Waals surface area contributed by atoms with Crippen LogP contribution in [0, 0.1) is 29.6 Å². The topological polar surface area (TPSA) is 21.3 Å². The van der Waals surface area contributed by atoms with Crippen LogP contribution in [0.5, 0.6) is 5.75 Å². The van der Waals surface area contributed by atoms with E-state index in [1.54, 1.807) is 7.11 Å². The second-order valence-corrected chi connectivity index (χ2v) is 7.55. The molecule has 5 rings (SSSR count). The molecule has 1 unspecified atom stereocenters. The second kappa shape index (κ2) is 5.31. The van der Waals surface area contributed by atoms with Gasteiger partial charge in [-0.3, -0.25) is 0 Å². The molecule has 4 aliphatic carbocycles. The minimum Gasteiger partial charge on any atom is -0.497 e. The first kappa shape index (κ1) is 13.6. The molecule has 21 heavy (non-hydrogen) atoms. The molecule has 0 spiro atoms. The molecule has 0 radical (unpaired) electrons. The third kappa shape index (κ3) is 2.28. The maximum absolute atomic E-state index is 5.30. The Morgan fingerprint density at radius 1 is 0.952 bits per heavy atom. The van der Waals surface area contributed by atoms with E-state index < -0.39 is 0 Å². The average Bonchev–Trinajstić information content (AvgIpc) is 2.50. The van der Waals surface area contributed by atoms with Crippen LogP contribution in [-0.2, 0) is 0 Å². The van der Waals surface area contributed by atoms with E-state index in [9.17, 15) is 0 Å². The fourth-order valence-corrected chi connectivity index (χ4v) is 5.90. The average molecular weight is 285 g/mol. The van der Waals surface area contributed by atoms with Crippen molar-refractivity contribution >= 4 is 0 Å². The second-order valence-electron chi connectivity index (χ2n) is 7.55. The summed E-state index contributed by atoms with van der Waals surface area (Å²) in [6, 6.07) is 9.24. The molecule has 1 aromatic rings. The summed E-state index contributed by atoms with van der Waals surface area (Å²) in [4.78, 5) is 0. The Balaban J connectivity index is 1.60. The number of methoxy groups -OCH3 is 1. The predicted octanol–water partition coefficient (Wildman–Crippen LogP) is 4.03. The zero-order chi connectivity index (χ0) is 14.4. The summed E-state index contributed by atoms with van der Waals surface area (Å²) in [5.41, 5.74) is 1.44. The Morgan fingerprint density at radius 3 is 2.00 bits per heavy atom. The van der Waals surface area contributed by atoms with Gasteiger partial charge in [-0.1, -0.05) is 12.1 Å². The van der Waals surface area contributed by atoms with Crippen molar-refractivity contribution in [3.8, 4) is 5.75 Å². The van der Waals surface area contributed by atoms with Gasteiger partial charge in [-0.2, -0.15) is 0 Å². The van der Waals surface area contributed by atoms with E-state index in [-0.39, 0.29) is 0 Å². The van der Waals surface area contributed by atoms with E-state index in [4.69, 9.17) is 4.74 Å². The molecule has 2 heteroatoms. The summed E-state index contributed by atoms with van der Waals surface area (Å²) in [5, 5.41) is 3.64. The van der Waals surface area contributed by atoms with Gasteiger partial charge in [-0.25, -0.2) is 0 Å². The Morgan fingerprint density at radius 2 is 1.52 bits per heavy atom. The van der Waals surface area contributed by atoms with Gasteiger partial charge in [0.2, 0.25) is 0 Å². The fourth-order valence-electron chi connectivity index (χ4n) is 5.90. The van der Waals surface area contributed by atoms with Crippen LogP contribution in [0.2, 0.25) is 0 Å². The van der Waals surface area contributed by atoms with Crippen LogP contribution in [0.1, 0.15) is 43.7 Å². The number of hydrogen-bond acceptors (Lipinski definition) is 2. The monoisotopic (exact) mass is 285 g/mol. The largest absolute Gasteiger partial charge is 0.497 e. The quantitative estimate of drug-likeness (QED) is 0.902. The molecule has 0 heterocycles. The fraction of sp³-hybridized carbons (Fsp3) is 0.684. The van der Waals surface area contributed by atoms with Crippen LogP contribution in [0.3, 0.4) is 0 Å². The molecule has 1 atom stereocenters. The molecule has 0 saturated heterocycles. The molecular formula is C19H27NO. The summed E-state index contributed by atoms with van der Waals surface area (Å²) in [5.74, 6) is 5.82. The molecule has 114 valence electrons. The molecule has 4 aliphatic rings. The van der Waals surface area contributed by atoms with Gasteiger partial charge in [-0.15, -0.1) is 0 Å². The van der Waals surface area contributed by atoms with Gasteiger partial charge in [0.25, 0.3) is 0 Å². The Bertz CT molecular complexity index is 467. The van der Waals surface area contributed by atoms with E-state index >= 15 is 0 Å². The van der Waals surface area contributed by atoms with Crippen molar-refractivity contribution in [2.45, 2.75) is 38.1 Å². The molecule has 4 saturated carbocycles. The SMILES string of the molecule is CNC(c1ccc(OC)cc1)C1C2CC3CC(C2)CC1C3. The van der Waals surface area contributed by atoms with Crippen LogP contribution in [-0.4, -0.2) is 14.2 Å². The lowest BCUT2D eigenvalue weighted by atomic mass is 9.50. The first-order chi connectivity index (χ1) is 10.3. The summed E-state index contributed by atoms with van der Waals surface area (Å²) >= 11 is 0. The first-order valence-corrected chi connectivity index (χ1v) is 8.59. The number of hydrogen-bond donors (Lipinski definition) is 1. The van der Waals surface area contributed by atoms with Crippen molar-refractivity contribution < 1.29 is 4.74 Å². The summed E-state index contributed by atoms with van der Waals surface area (Å²) < 4.78 is 5.30. The number of rotatable bonds is 4. The molecular weight excluding hydrogens is 258 g/mol. The molecule has 1 aromatic carbocycles. The van der Waals surface area contributed by atoms with Crippen molar-refractivity contribution in [2.24, 2.45) is 29.6 Å². The summed E-state index contributed by atoms with van der Waals surface area (Å²) in [6.07, 6.45) is 7.50. The molecule has 4 bridgehead atoms. The van der Waals surface area contributed by atoms with Crippen LogP contribution in [0.15, 0.2) is 24.3 Å². The van der Waals surface area contributed by atoms with E-state index in [1.165, 1.54) is 37.7 Å². The van der Waals surface area contributed by atoms with Crippen molar-refractivity contribution in [3.63, 3.8) is 0 Å². The lowest BCUT2D eigenvalue weighted by Crippen LogP contribution is -2.49. The number of benzene rings is 1. The van der Waals surface area contributed by atoms with Crippen LogP contribution in [0.4, 0.5) is 0 Å². The molecule has 0 aliphatic heterocycles. The molecule has 4 fully saturated rings. The Labute approximate surface area is 128 Å². The molecule has 1 N–H and O–H groups in total. The van der Waals surface area contributed by atoms with E-state index in [0.717, 1.165) is 35.3 Å². The highest BCUT2D eigenvalue weighted by Gasteiger charge is 2.50. The maximum atomic E-state index is 5.30. The van der Waals surface area contributed by atoms with E-state index in [2.05, 4.69) is 36.6 Å². The van der Waals surface area contributed by atoms with Crippen molar-refractivity contribution in [1.82, 2.24) is 5.32 Å². The highest BCUT2D eigenvalue weighted by Crippen LogP contribution is 2.59. The van der Waals surface area contributed by atoms with Gasteiger partial charge in [0.05, 0.1) is 7.11 Å². The zero-order valence-corrected chi connectivity index (χ0v) is 13.2. The molecule has 0 amide bonds. The van der Waals surface area contributed by atoms with Crippen molar-refractivity contribution in [1.29, 1.82) is 0 Å². The van der Waals surface area contributed by atoms with E-state index in [0.29, 0.717) is 6.04 Å². The third-order valence-electron chi connectivity index (χ3n) is 6.47. The minimum atomic E-state index is 0.519. The lowest BCUT2D eigenvalue weighted by molar-refractivity contribution is -0.0515. The smallest absolute Gasteiger partial charge is 0.118 e. The highest BCUT2D eigenvalue weighted by atomic mass is 16.5. The minimum absolute atomic E-state index is 0.519. The van der Waals surface area contributed by atoms with Gasteiger partial charge in [-0.05, 0) is 86.4 Å². The highest BCUT2D eigenvalue weighted by molar-refractivity contribution is 5.30. The molecule has 2 nitrogen and oxygen atoms in total. The lowest BCUT2D eigenvalue weighted by Gasteiger charge is -2.56. The maximum Gasteiger partial charge on any atom is 0.118 e.